The summed E-state index contributed by atoms with van der Waals surface area (Å²) >= 11 is 0. The van der Waals surface area contributed by atoms with Crippen molar-refractivity contribution in [3.05, 3.63) is 16.7 Å². The average Bonchev–Trinajstić information content (AvgIpc) is 3.04. The van der Waals surface area contributed by atoms with Crippen LogP contribution in [0.1, 0.15) is 53.0 Å². The van der Waals surface area contributed by atoms with Crippen molar-refractivity contribution in [3.63, 3.8) is 0 Å². The van der Waals surface area contributed by atoms with Crippen LogP contribution in [0.5, 0.6) is 0 Å². The minimum atomic E-state index is -1.14. The van der Waals surface area contributed by atoms with Crippen molar-refractivity contribution in [2.24, 2.45) is 0 Å². The molecule has 1 spiro atoms. The van der Waals surface area contributed by atoms with Gasteiger partial charge in [0.25, 0.3) is 5.56 Å². The summed E-state index contributed by atoms with van der Waals surface area (Å²) in [5, 5.41) is 11.4. The highest BCUT2D eigenvalue weighted by Gasteiger charge is 2.50. The summed E-state index contributed by atoms with van der Waals surface area (Å²) in [7, 11) is 0. The molecule has 0 radical (unpaired) electrons. The SMILES string of the molecule is CC(C)(C)OC(=O)N1CCC2(CC1)C[C@@](C)(O)[C@H](n1cnc3c(=O)[nH]c(N)nc31)CO2. The number of hydrogen-bond acceptors (Lipinski definition) is 8. The number of nitrogens with zero attached hydrogens (tertiary/aromatic N) is 4. The summed E-state index contributed by atoms with van der Waals surface area (Å²) in [5.74, 6) is -0.0124. The number of anilines is 1. The van der Waals surface area contributed by atoms with Crippen LogP contribution >= 0.6 is 0 Å². The molecule has 0 bridgehead atoms. The van der Waals surface area contributed by atoms with E-state index in [9.17, 15) is 14.7 Å². The summed E-state index contributed by atoms with van der Waals surface area (Å²) in [4.78, 5) is 36.9. The number of H-pyrrole nitrogens is 1. The summed E-state index contributed by atoms with van der Waals surface area (Å²) in [6.45, 7) is 8.49. The van der Waals surface area contributed by atoms with Gasteiger partial charge >= 0.3 is 6.09 Å². The van der Waals surface area contributed by atoms with Crippen molar-refractivity contribution >= 4 is 23.2 Å². The Morgan fingerprint density at radius 1 is 1.39 bits per heavy atom. The van der Waals surface area contributed by atoms with Crippen molar-refractivity contribution in [2.75, 3.05) is 25.4 Å². The van der Waals surface area contributed by atoms with Gasteiger partial charge in [0.2, 0.25) is 5.95 Å². The number of hydrogen-bond donors (Lipinski definition) is 3. The lowest BCUT2D eigenvalue weighted by Gasteiger charge is -2.51. The Balaban J connectivity index is 1.50. The predicted molar refractivity (Wildman–Crippen MR) is 113 cm³/mol. The molecule has 2 atom stereocenters. The van der Waals surface area contributed by atoms with Gasteiger partial charge in [-0.1, -0.05) is 0 Å². The first-order chi connectivity index (χ1) is 14.4. The Morgan fingerprint density at radius 2 is 2.06 bits per heavy atom. The minimum Gasteiger partial charge on any atom is -0.444 e. The number of piperidine rings is 1. The van der Waals surface area contributed by atoms with Crippen molar-refractivity contribution in [3.8, 4) is 0 Å². The van der Waals surface area contributed by atoms with E-state index in [0.717, 1.165) is 0 Å². The fourth-order valence-corrected chi connectivity index (χ4v) is 4.55. The first-order valence-corrected chi connectivity index (χ1v) is 10.5. The van der Waals surface area contributed by atoms with Crippen LogP contribution in [-0.4, -0.2) is 72.1 Å². The lowest BCUT2D eigenvalue weighted by Crippen LogP contribution is -2.58. The van der Waals surface area contributed by atoms with Crippen molar-refractivity contribution in [1.29, 1.82) is 0 Å². The molecule has 31 heavy (non-hydrogen) atoms. The van der Waals surface area contributed by atoms with Crippen LogP contribution in [-0.2, 0) is 9.47 Å². The van der Waals surface area contributed by atoms with Crippen LogP contribution in [0.15, 0.2) is 11.1 Å². The molecule has 4 heterocycles. The Labute approximate surface area is 179 Å². The fraction of sp³-hybridized carbons (Fsp3) is 0.700. The molecular formula is C20H30N6O5. The highest BCUT2D eigenvalue weighted by Crippen LogP contribution is 2.44. The van der Waals surface area contributed by atoms with E-state index in [-0.39, 0.29) is 24.2 Å². The van der Waals surface area contributed by atoms with Crippen LogP contribution < -0.4 is 11.3 Å². The van der Waals surface area contributed by atoms with Crippen LogP contribution in [0.3, 0.4) is 0 Å². The molecule has 4 rings (SSSR count). The number of nitrogen functional groups attached to an aromatic ring is 1. The highest BCUT2D eigenvalue weighted by molar-refractivity contribution is 5.70. The zero-order valence-corrected chi connectivity index (χ0v) is 18.3. The normalized spacial score (nSPS) is 26.4. The van der Waals surface area contributed by atoms with E-state index in [4.69, 9.17) is 15.2 Å². The summed E-state index contributed by atoms with van der Waals surface area (Å²) in [6.07, 6.45) is 2.74. The van der Waals surface area contributed by atoms with Crippen molar-refractivity contribution in [2.45, 2.75) is 69.8 Å². The van der Waals surface area contributed by atoms with E-state index in [1.54, 1.807) is 16.4 Å². The number of nitrogens with two attached hydrogens (primary N) is 1. The van der Waals surface area contributed by atoms with E-state index in [1.807, 2.05) is 20.8 Å². The molecule has 4 N–H and O–H groups in total. The molecule has 1 amide bonds. The number of nitrogens with one attached hydrogen (secondary N) is 1. The summed E-state index contributed by atoms with van der Waals surface area (Å²) in [6, 6.07) is -0.485. The molecule has 170 valence electrons. The number of likely N-dealkylation sites (tertiary alicyclic amines) is 1. The summed E-state index contributed by atoms with van der Waals surface area (Å²) in [5.41, 5.74) is 3.53. The van der Waals surface area contributed by atoms with E-state index >= 15 is 0 Å². The van der Waals surface area contributed by atoms with E-state index in [0.29, 0.717) is 38.0 Å². The van der Waals surface area contributed by atoms with Gasteiger partial charge in [-0.2, -0.15) is 4.98 Å². The van der Waals surface area contributed by atoms with Gasteiger partial charge in [-0.25, -0.2) is 9.78 Å². The quantitative estimate of drug-likeness (QED) is 0.606. The molecule has 0 saturated carbocycles. The molecule has 11 nitrogen and oxygen atoms in total. The monoisotopic (exact) mass is 434 g/mol. The summed E-state index contributed by atoms with van der Waals surface area (Å²) < 4.78 is 13.4. The van der Waals surface area contributed by atoms with Gasteiger partial charge in [0, 0.05) is 19.5 Å². The van der Waals surface area contributed by atoms with Gasteiger partial charge in [-0.3, -0.25) is 9.78 Å². The maximum atomic E-state index is 12.4. The number of aromatic amines is 1. The molecule has 2 fully saturated rings. The molecule has 0 aromatic carbocycles. The lowest BCUT2D eigenvalue weighted by atomic mass is 9.75. The number of imidazole rings is 1. The van der Waals surface area contributed by atoms with Crippen molar-refractivity contribution < 1.29 is 19.4 Å². The molecule has 11 heteroatoms. The van der Waals surface area contributed by atoms with Gasteiger partial charge in [-0.05, 0) is 40.5 Å². The topological polar surface area (TPSA) is 149 Å². The largest absolute Gasteiger partial charge is 0.444 e. The maximum absolute atomic E-state index is 12.4. The van der Waals surface area contributed by atoms with Gasteiger partial charge < -0.3 is 29.8 Å². The number of carbonyl (C=O) groups is 1. The molecule has 2 aliphatic rings. The first-order valence-electron chi connectivity index (χ1n) is 10.5. The Bertz CT molecular complexity index is 1040. The van der Waals surface area contributed by atoms with E-state index in [1.165, 1.54) is 6.33 Å². The second kappa shape index (κ2) is 7.20. The smallest absolute Gasteiger partial charge is 0.410 e. The number of ether oxygens (including phenoxy) is 2. The molecule has 0 aliphatic carbocycles. The second-order valence-corrected chi connectivity index (χ2v) is 9.79. The van der Waals surface area contributed by atoms with E-state index in [2.05, 4.69) is 15.0 Å². The predicted octanol–water partition coefficient (Wildman–Crippen LogP) is 1.18. The van der Waals surface area contributed by atoms with Gasteiger partial charge in [0.15, 0.2) is 11.2 Å². The molecular weight excluding hydrogens is 404 g/mol. The second-order valence-electron chi connectivity index (χ2n) is 9.79. The van der Waals surface area contributed by atoms with Crippen LogP contribution in [0.25, 0.3) is 11.2 Å². The molecule has 2 aromatic heterocycles. The standard InChI is InChI=1S/C20H30N6O5/c1-18(2,3)31-17(28)25-7-5-20(6-8-25)10-19(4,29)12(9-30-20)26-11-22-13-14(26)23-16(21)24-15(13)27/h11-12,29H,5-10H2,1-4H3,(H3,21,23,24,27)/t12-,19-/m1/s1. The molecule has 0 unspecified atom stereocenters. The fourth-order valence-electron chi connectivity index (χ4n) is 4.55. The number of fused-ring (bicyclic) bond motifs is 1. The number of carbonyl (C=O) groups excluding carboxylic acids is 1. The third kappa shape index (κ3) is 4.11. The maximum Gasteiger partial charge on any atom is 0.410 e. The third-order valence-electron chi connectivity index (χ3n) is 6.06. The van der Waals surface area contributed by atoms with Crippen LogP contribution in [0.2, 0.25) is 0 Å². The van der Waals surface area contributed by atoms with Gasteiger partial charge in [0.05, 0.1) is 30.2 Å². The molecule has 2 saturated heterocycles. The number of amides is 1. The minimum absolute atomic E-state index is 0.0124. The Kier molecular flexibility index (Phi) is 5.01. The first kappa shape index (κ1) is 21.6. The number of aliphatic hydroxyl groups is 1. The average molecular weight is 434 g/mol. The zero-order valence-electron chi connectivity index (χ0n) is 18.3. The molecule has 2 aromatic rings. The Morgan fingerprint density at radius 3 is 2.68 bits per heavy atom. The number of aromatic nitrogens is 4. The Hall–Kier alpha value is -2.66. The van der Waals surface area contributed by atoms with Crippen LogP contribution in [0, 0.1) is 0 Å². The lowest BCUT2D eigenvalue weighted by molar-refractivity contribution is -0.195. The third-order valence-corrected chi connectivity index (χ3v) is 6.06. The van der Waals surface area contributed by atoms with Gasteiger partial charge in [0.1, 0.15) is 5.60 Å². The molecule has 2 aliphatic heterocycles. The van der Waals surface area contributed by atoms with Crippen molar-refractivity contribution in [1.82, 2.24) is 24.4 Å². The van der Waals surface area contributed by atoms with Crippen LogP contribution in [0.4, 0.5) is 10.7 Å². The van der Waals surface area contributed by atoms with Gasteiger partial charge in [-0.15, -0.1) is 0 Å². The van der Waals surface area contributed by atoms with E-state index < -0.39 is 28.4 Å². The zero-order chi connectivity index (χ0) is 22.6. The number of rotatable bonds is 1. The highest BCUT2D eigenvalue weighted by atomic mass is 16.6.